The van der Waals surface area contributed by atoms with Gasteiger partial charge in [-0.15, -0.1) is 16.4 Å². The van der Waals surface area contributed by atoms with Crippen molar-refractivity contribution < 1.29 is 14.2 Å². The van der Waals surface area contributed by atoms with E-state index in [0.29, 0.717) is 29.6 Å². The van der Waals surface area contributed by atoms with Gasteiger partial charge in [-0.25, -0.2) is 9.50 Å². The second kappa shape index (κ2) is 8.63. The summed E-state index contributed by atoms with van der Waals surface area (Å²) in [6, 6.07) is 17.7. The predicted molar refractivity (Wildman–Crippen MR) is 133 cm³/mol. The summed E-state index contributed by atoms with van der Waals surface area (Å²) in [6.45, 7) is 2.78. The van der Waals surface area contributed by atoms with Crippen LogP contribution in [0.15, 0.2) is 54.6 Å². The summed E-state index contributed by atoms with van der Waals surface area (Å²) in [7, 11) is 3.24. The van der Waals surface area contributed by atoms with Gasteiger partial charge in [-0.3, -0.25) is 0 Å². The molecule has 0 spiro atoms. The average molecular weight is 461 g/mol. The fraction of sp³-hybridized carbons (Fsp3) is 0.200. The molecule has 33 heavy (non-hydrogen) atoms. The number of imidazole rings is 1. The van der Waals surface area contributed by atoms with Crippen molar-refractivity contribution in [2.75, 3.05) is 26.6 Å². The minimum Gasteiger partial charge on any atom is -0.493 e. The SMILES string of the molecule is CCCOc1cccc2cc(-c3c(-c4ccc(OC)c(OC)c4)nc4ccc(N)nn34)sc12. The Morgan fingerprint density at radius 3 is 2.61 bits per heavy atom. The van der Waals surface area contributed by atoms with Crippen LogP contribution in [-0.2, 0) is 0 Å². The van der Waals surface area contributed by atoms with E-state index in [1.807, 2.05) is 36.4 Å². The highest BCUT2D eigenvalue weighted by Crippen LogP contribution is 2.43. The third-order valence-corrected chi connectivity index (χ3v) is 6.53. The van der Waals surface area contributed by atoms with E-state index in [0.717, 1.165) is 44.1 Å². The number of nitrogen functional groups attached to an aromatic ring is 1. The van der Waals surface area contributed by atoms with Gasteiger partial charge in [-0.05, 0) is 54.3 Å². The van der Waals surface area contributed by atoms with E-state index in [1.54, 1.807) is 36.1 Å². The lowest BCUT2D eigenvalue weighted by Crippen LogP contribution is -1.98. The molecule has 2 aromatic carbocycles. The van der Waals surface area contributed by atoms with Crippen molar-refractivity contribution >= 4 is 32.9 Å². The number of ether oxygens (including phenoxy) is 3. The largest absolute Gasteiger partial charge is 0.493 e. The minimum atomic E-state index is 0.424. The zero-order chi connectivity index (χ0) is 22.9. The first kappa shape index (κ1) is 21.1. The van der Waals surface area contributed by atoms with Gasteiger partial charge in [0.05, 0.1) is 30.4 Å². The van der Waals surface area contributed by atoms with Crippen molar-refractivity contribution in [2.45, 2.75) is 13.3 Å². The Bertz CT molecular complexity index is 1460. The minimum absolute atomic E-state index is 0.424. The van der Waals surface area contributed by atoms with Gasteiger partial charge < -0.3 is 19.9 Å². The van der Waals surface area contributed by atoms with Crippen molar-refractivity contribution in [1.82, 2.24) is 14.6 Å². The number of thiophene rings is 1. The number of methoxy groups -OCH3 is 2. The average Bonchev–Trinajstić information content (AvgIpc) is 3.43. The molecule has 2 N–H and O–H groups in total. The lowest BCUT2D eigenvalue weighted by atomic mass is 10.1. The molecule has 0 aliphatic carbocycles. The predicted octanol–water partition coefficient (Wildman–Crippen LogP) is 5.67. The van der Waals surface area contributed by atoms with Crippen LogP contribution in [0.1, 0.15) is 13.3 Å². The molecule has 0 amide bonds. The molecule has 5 aromatic rings. The molecule has 7 nitrogen and oxygen atoms in total. The standard InChI is InChI=1S/C25H24N4O3S/c1-4-12-32-18-7-5-6-16-14-20(33-25(16)18)24-23(27-22-11-10-21(26)28-29(22)24)15-8-9-17(30-2)19(13-15)31-3/h5-11,13-14H,4,12H2,1-3H3,(H2,26,28). The highest BCUT2D eigenvalue weighted by molar-refractivity contribution is 7.22. The molecule has 0 saturated carbocycles. The molecule has 168 valence electrons. The van der Waals surface area contributed by atoms with E-state index in [2.05, 4.69) is 24.2 Å². The molecule has 0 radical (unpaired) electrons. The van der Waals surface area contributed by atoms with Crippen molar-refractivity contribution in [3.05, 3.63) is 54.6 Å². The second-order valence-electron chi connectivity index (χ2n) is 7.54. The van der Waals surface area contributed by atoms with E-state index >= 15 is 0 Å². The van der Waals surface area contributed by atoms with Crippen molar-refractivity contribution in [2.24, 2.45) is 0 Å². The Morgan fingerprint density at radius 1 is 0.970 bits per heavy atom. The molecule has 0 aliphatic heterocycles. The summed E-state index contributed by atoms with van der Waals surface area (Å²) in [5, 5.41) is 5.68. The maximum atomic E-state index is 6.04. The molecule has 0 saturated heterocycles. The summed E-state index contributed by atoms with van der Waals surface area (Å²) in [4.78, 5) is 5.92. The lowest BCUT2D eigenvalue weighted by Gasteiger charge is -2.09. The van der Waals surface area contributed by atoms with Crippen molar-refractivity contribution in [3.63, 3.8) is 0 Å². The fourth-order valence-corrected chi connectivity index (χ4v) is 4.99. The Kier molecular flexibility index (Phi) is 5.51. The Hall–Kier alpha value is -3.78. The normalized spacial score (nSPS) is 11.2. The van der Waals surface area contributed by atoms with Crippen LogP contribution in [0.25, 0.3) is 37.6 Å². The summed E-state index contributed by atoms with van der Waals surface area (Å²) in [5.41, 5.74) is 9.31. The summed E-state index contributed by atoms with van der Waals surface area (Å²) >= 11 is 1.66. The molecule has 0 fully saturated rings. The molecular formula is C25H24N4O3S. The Labute approximate surface area is 195 Å². The van der Waals surface area contributed by atoms with Gasteiger partial charge in [0.15, 0.2) is 17.1 Å². The molecule has 0 atom stereocenters. The first-order valence-electron chi connectivity index (χ1n) is 10.7. The Balaban J connectivity index is 1.75. The number of nitrogens with zero attached hydrogens (tertiary/aromatic N) is 3. The molecule has 3 aromatic heterocycles. The van der Waals surface area contributed by atoms with Gasteiger partial charge in [-0.2, -0.15) is 0 Å². The maximum Gasteiger partial charge on any atom is 0.161 e. The molecule has 5 rings (SSSR count). The van der Waals surface area contributed by atoms with Gasteiger partial charge >= 0.3 is 0 Å². The van der Waals surface area contributed by atoms with Crippen molar-refractivity contribution in [3.8, 4) is 39.1 Å². The maximum absolute atomic E-state index is 6.04. The molecule has 0 unspecified atom stereocenters. The van der Waals surface area contributed by atoms with Crippen LogP contribution in [0.2, 0.25) is 0 Å². The summed E-state index contributed by atoms with van der Waals surface area (Å²) in [5.74, 6) is 2.61. The van der Waals surface area contributed by atoms with E-state index in [9.17, 15) is 0 Å². The number of fused-ring (bicyclic) bond motifs is 2. The molecule has 8 heteroatoms. The van der Waals surface area contributed by atoms with Crippen LogP contribution in [0.4, 0.5) is 5.82 Å². The number of hydrogen-bond donors (Lipinski definition) is 1. The number of aromatic nitrogens is 3. The molecule has 0 aliphatic rings. The third kappa shape index (κ3) is 3.72. The number of anilines is 1. The van der Waals surface area contributed by atoms with Crippen LogP contribution in [0.5, 0.6) is 17.2 Å². The van der Waals surface area contributed by atoms with Gasteiger partial charge in [0, 0.05) is 5.56 Å². The first-order chi connectivity index (χ1) is 16.1. The molecule has 0 bridgehead atoms. The molecule has 3 heterocycles. The van der Waals surface area contributed by atoms with E-state index in [-0.39, 0.29) is 0 Å². The number of rotatable bonds is 7. The summed E-state index contributed by atoms with van der Waals surface area (Å²) < 4.78 is 19.8. The van der Waals surface area contributed by atoms with E-state index in [1.165, 1.54) is 0 Å². The zero-order valence-electron chi connectivity index (χ0n) is 18.7. The Morgan fingerprint density at radius 2 is 1.82 bits per heavy atom. The van der Waals surface area contributed by atoms with Crippen molar-refractivity contribution in [1.29, 1.82) is 0 Å². The van der Waals surface area contributed by atoms with E-state index < -0.39 is 0 Å². The zero-order valence-corrected chi connectivity index (χ0v) is 19.5. The van der Waals surface area contributed by atoms with Gasteiger partial charge in [0.25, 0.3) is 0 Å². The van der Waals surface area contributed by atoms with Crippen LogP contribution >= 0.6 is 11.3 Å². The third-order valence-electron chi connectivity index (χ3n) is 5.36. The van der Waals surface area contributed by atoms with E-state index in [4.69, 9.17) is 24.9 Å². The summed E-state index contributed by atoms with van der Waals surface area (Å²) in [6.07, 6.45) is 0.953. The van der Waals surface area contributed by atoms with Gasteiger partial charge in [0.1, 0.15) is 23.0 Å². The highest BCUT2D eigenvalue weighted by atomic mass is 32.1. The van der Waals surface area contributed by atoms with Crippen LogP contribution in [0.3, 0.4) is 0 Å². The van der Waals surface area contributed by atoms with Crippen LogP contribution in [-0.4, -0.2) is 35.4 Å². The smallest absolute Gasteiger partial charge is 0.161 e. The monoisotopic (exact) mass is 460 g/mol. The van der Waals surface area contributed by atoms with Gasteiger partial charge in [0.2, 0.25) is 0 Å². The topological polar surface area (TPSA) is 83.9 Å². The van der Waals surface area contributed by atoms with Crippen LogP contribution < -0.4 is 19.9 Å². The van der Waals surface area contributed by atoms with Crippen LogP contribution in [0, 0.1) is 0 Å². The quantitative estimate of drug-likeness (QED) is 0.337. The number of nitrogens with two attached hydrogens (primary N) is 1. The second-order valence-corrected chi connectivity index (χ2v) is 8.59. The number of hydrogen-bond acceptors (Lipinski definition) is 7. The highest BCUT2D eigenvalue weighted by Gasteiger charge is 2.21. The fourth-order valence-electron chi connectivity index (χ4n) is 3.83. The number of benzene rings is 2. The van der Waals surface area contributed by atoms with Gasteiger partial charge in [-0.1, -0.05) is 19.1 Å². The molecular weight excluding hydrogens is 436 g/mol. The lowest BCUT2D eigenvalue weighted by molar-refractivity contribution is 0.321. The first-order valence-corrected chi connectivity index (χ1v) is 11.5.